The summed E-state index contributed by atoms with van der Waals surface area (Å²) in [5.74, 6) is 0.113. The quantitative estimate of drug-likeness (QED) is 0.222. The molecular weight excluding hydrogens is 513 g/mol. The van der Waals surface area contributed by atoms with Gasteiger partial charge in [0, 0.05) is 44.6 Å². The highest BCUT2D eigenvalue weighted by atomic mass is 32.1. The molecule has 194 valence electrons. The SMILES string of the molecule is Cc1ccc(-c2ccnc3nc(-c4[nH]nc5c(F)cc(-c6cncc(NC(=O)C7CCCC7)c6)cc45)[nH]c23)s1. The van der Waals surface area contributed by atoms with Crippen LogP contribution >= 0.6 is 11.3 Å². The van der Waals surface area contributed by atoms with E-state index in [0.717, 1.165) is 41.6 Å². The second-order valence-corrected chi connectivity index (χ2v) is 11.2. The van der Waals surface area contributed by atoms with Gasteiger partial charge in [-0.3, -0.25) is 14.9 Å². The minimum atomic E-state index is -0.464. The summed E-state index contributed by atoms with van der Waals surface area (Å²) >= 11 is 1.70. The standard InChI is InChI=1S/C29H24FN7OS/c1-15-6-7-23(39-15)20-8-9-32-27-25(20)34-28(35-27)26-21-11-17(12-22(30)24(21)36-37-26)18-10-19(14-31-13-18)33-29(38)16-4-2-3-5-16/h6-14,16H,2-5H2,1H3,(H,33,38)(H,36,37)(H,32,34,35). The number of nitrogens with zero attached hydrogens (tertiary/aromatic N) is 4. The molecule has 0 unspecified atom stereocenters. The molecule has 0 atom stereocenters. The first kappa shape index (κ1) is 23.7. The number of hydrogen-bond donors (Lipinski definition) is 3. The summed E-state index contributed by atoms with van der Waals surface area (Å²) in [5.41, 5.74) is 5.08. The van der Waals surface area contributed by atoms with E-state index in [1.165, 1.54) is 10.9 Å². The summed E-state index contributed by atoms with van der Waals surface area (Å²) in [6.07, 6.45) is 9.00. The minimum Gasteiger partial charge on any atom is -0.335 e. The Labute approximate surface area is 226 Å². The van der Waals surface area contributed by atoms with Crippen molar-refractivity contribution >= 4 is 45.0 Å². The first-order valence-electron chi connectivity index (χ1n) is 12.9. The van der Waals surface area contributed by atoms with E-state index in [0.29, 0.717) is 39.4 Å². The molecule has 0 saturated heterocycles. The number of nitrogens with one attached hydrogen (secondary N) is 3. The molecule has 39 heavy (non-hydrogen) atoms. The number of H-pyrrole nitrogens is 2. The highest BCUT2D eigenvalue weighted by Crippen LogP contribution is 2.36. The molecule has 1 amide bonds. The van der Waals surface area contributed by atoms with Gasteiger partial charge in [0.05, 0.1) is 17.4 Å². The van der Waals surface area contributed by atoms with E-state index in [-0.39, 0.29) is 17.3 Å². The number of anilines is 1. The number of aromatic nitrogens is 6. The maximum absolute atomic E-state index is 15.3. The predicted octanol–water partition coefficient (Wildman–Crippen LogP) is 6.87. The maximum Gasteiger partial charge on any atom is 0.227 e. The van der Waals surface area contributed by atoms with Gasteiger partial charge in [-0.15, -0.1) is 11.3 Å². The average molecular weight is 538 g/mol. The van der Waals surface area contributed by atoms with Crippen molar-refractivity contribution in [2.75, 3.05) is 5.32 Å². The Morgan fingerprint density at radius 1 is 1.10 bits per heavy atom. The highest BCUT2D eigenvalue weighted by Gasteiger charge is 2.23. The van der Waals surface area contributed by atoms with Crippen molar-refractivity contribution in [1.29, 1.82) is 0 Å². The average Bonchev–Trinajstić information content (AvgIpc) is 3.74. The molecule has 6 aromatic rings. The lowest BCUT2D eigenvalue weighted by Crippen LogP contribution is -2.20. The lowest BCUT2D eigenvalue weighted by Gasteiger charge is -2.11. The van der Waals surface area contributed by atoms with Crippen LogP contribution in [-0.2, 0) is 4.79 Å². The Kier molecular flexibility index (Phi) is 5.70. The van der Waals surface area contributed by atoms with Crippen LogP contribution in [0.4, 0.5) is 10.1 Å². The van der Waals surface area contributed by atoms with Gasteiger partial charge in [-0.2, -0.15) is 5.10 Å². The number of aromatic amines is 2. The fourth-order valence-electron chi connectivity index (χ4n) is 5.33. The third kappa shape index (κ3) is 4.26. The van der Waals surface area contributed by atoms with E-state index in [2.05, 4.69) is 49.5 Å². The molecule has 8 nitrogen and oxygen atoms in total. The lowest BCUT2D eigenvalue weighted by atomic mass is 10.0. The van der Waals surface area contributed by atoms with Gasteiger partial charge in [0.25, 0.3) is 0 Å². The van der Waals surface area contributed by atoms with Crippen LogP contribution in [0.1, 0.15) is 30.6 Å². The first-order valence-corrected chi connectivity index (χ1v) is 13.7. The van der Waals surface area contributed by atoms with Crippen LogP contribution in [0, 0.1) is 18.7 Å². The van der Waals surface area contributed by atoms with Crippen LogP contribution in [0.15, 0.2) is 55.0 Å². The summed E-state index contributed by atoms with van der Waals surface area (Å²) in [7, 11) is 0. The van der Waals surface area contributed by atoms with Crippen molar-refractivity contribution in [3.8, 4) is 33.1 Å². The van der Waals surface area contributed by atoms with Crippen LogP contribution in [-0.4, -0.2) is 36.0 Å². The van der Waals surface area contributed by atoms with Gasteiger partial charge in [0.2, 0.25) is 5.91 Å². The van der Waals surface area contributed by atoms with Crippen LogP contribution in [0.25, 0.3) is 55.2 Å². The molecule has 0 spiro atoms. The van der Waals surface area contributed by atoms with Crippen molar-refractivity contribution in [3.05, 3.63) is 65.7 Å². The molecule has 5 heterocycles. The molecule has 1 fully saturated rings. The maximum atomic E-state index is 15.3. The largest absolute Gasteiger partial charge is 0.335 e. The van der Waals surface area contributed by atoms with Gasteiger partial charge in [-0.05, 0) is 61.7 Å². The van der Waals surface area contributed by atoms with E-state index in [9.17, 15) is 4.79 Å². The summed E-state index contributed by atoms with van der Waals surface area (Å²) in [6, 6.07) is 11.2. The zero-order valence-electron chi connectivity index (χ0n) is 21.1. The molecule has 0 radical (unpaired) electrons. The zero-order valence-corrected chi connectivity index (χ0v) is 21.9. The van der Waals surface area contributed by atoms with E-state index in [4.69, 9.17) is 4.98 Å². The van der Waals surface area contributed by atoms with E-state index >= 15 is 4.39 Å². The van der Waals surface area contributed by atoms with Crippen molar-refractivity contribution in [3.63, 3.8) is 0 Å². The number of hydrogen-bond acceptors (Lipinski definition) is 6. The topological polar surface area (TPSA) is 112 Å². The zero-order chi connectivity index (χ0) is 26.5. The molecule has 1 aliphatic rings. The van der Waals surface area contributed by atoms with Gasteiger partial charge in [0.15, 0.2) is 17.3 Å². The fourth-order valence-corrected chi connectivity index (χ4v) is 6.23. The van der Waals surface area contributed by atoms with E-state index in [1.807, 2.05) is 18.2 Å². The Balaban J connectivity index is 1.27. The number of carbonyl (C=O) groups is 1. The summed E-state index contributed by atoms with van der Waals surface area (Å²) in [6.45, 7) is 2.07. The summed E-state index contributed by atoms with van der Waals surface area (Å²) in [5, 5.41) is 10.8. The van der Waals surface area contributed by atoms with Crippen molar-refractivity contribution in [2.45, 2.75) is 32.6 Å². The van der Waals surface area contributed by atoms with Crippen molar-refractivity contribution in [1.82, 2.24) is 30.1 Å². The Hall–Kier alpha value is -4.44. The van der Waals surface area contributed by atoms with Crippen molar-refractivity contribution < 1.29 is 9.18 Å². The normalized spacial score (nSPS) is 14.0. The van der Waals surface area contributed by atoms with Crippen LogP contribution in [0.3, 0.4) is 0 Å². The van der Waals surface area contributed by atoms with Gasteiger partial charge in [0.1, 0.15) is 11.2 Å². The Morgan fingerprint density at radius 3 is 2.79 bits per heavy atom. The summed E-state index contributed by atoms with van der Waals surface area (Å²) in [4.78, 5) is 31.8. The number of carbonyl (C=O) groups excluding carboxylic acids is 1. The molecule has 10 heteroatoms. The number of pyridine rings is 2. The number of aryl methyl sites for hydroxylation is 1. The third-order valence-electron chi connectivity index (χ3n) is 7.31. The molecule has 7 rings (SSSR count). The fraction of sp³-hybridized carbons (Fsp3) is 0.207. The second kappa shape index (κ2) is 9.39. The number of imidazole rings is 1. The molecule has 0 bridgehead atoms. The van der Waals surface area contributed by atoms with E-state index in [1.54, 1.807) is 29.9 Å². The highest BCUT2D eigenvalue weighted by molar-refractivity contribution is 7.15. The molecule has 1 aromatic carbocycles. The molecule has 1 saturated carbocycles. The lowest BCUT2D eigenvalue weighted by molar-refractivity contribution is -0.119. The number of rotatable bonds is 5. The van der Waals surface area contributed by atoms with E-state index < -0.39 is 5.82 Å². The van der Waals surface area contributed by atoms with Crippen LogP contribution in [0.5, 0.6) is 0 Å². The summed E-state index contributed by atoms with van der Waals surface area (Å²) < 4.78 is 15.3. The van der Waals surface area contributed by atoms with Gasteiger partial charge < -0.3 is 10.3 Å². The van der Waals surface area contributed by atoms with Gasteiger partial charge >= 0.3 is 0 Å². The molecule has 1 aliphatic carbocycles. The molecule has 5 aromatic heterocycles. The first-order chi connectivity index (χ1) is 19.0. The minimum absolute atomic E-state index is 0.0146. The monoisotopic (exact) mass is 537 g/mol. The van der Waals surface area contributed by atoms with Crippen LogP contribution < -0.4 is 5.32 Å². The third-order valence-corrected chi connectivity index (χ3v) is 8.35. The number of halogens is 1. The molecular formula is C29H24FN7OS. The molecule has 3 N–H and O–H groups in total. The number of amides is 1. The van der Waals surface area contributed by atoms with Crippen molar-refractivity contribution in [2.24, 2.45) is 5.92 Å². The second-order valence-electron chi connectivity index (χ2n) is 9.94. The number of fused-ring (bicyclic) bond motifs is 2. The Morgan fingerprint density at radius 2 is 1.97 bits per heavy atom. The number of benzene rings is 1. The number of thiophene rings is 1. The molecule has 0 aliphatic heterocycles. The smallest absolute Gasteiger partial charge is 0.227 e. The Bertz CT molecular complexity index is 1860. The van der Waals surface area contributed by atoms with Gasteiger partial charge in [-0.25, -0.2) is 14.4 Å². The predicted molar refractivity (Wildman–Crippen MR) is 151 cm³/mol. The van der Waals surface area contributed by atoms with Crippen LogP contribution in [0.2, 0.25) is 0 Å². The van der Waals surface area contributed by atoms with Gasteiger partial charge in [-0.1, -0.05) is 12.8 Å².